The van der Waals surface area contributed by atoms with E-state index < -0.39 is 11.5 Å². The molecule has 0 bridgehead atoms. The maximum atomic E-state index is 12.5. The highest BCUT2D eigenvalue weighted by Gasteiger charge is 2.17. The second-order valence-electron chi connectivity index (χ2n) is 6.02. The Morgan fingerprint density at radius 3 is 2.42 bits per heavy atom. The van der Waals surface area contributed by atoms with Crippen molar-refractivity contribution in [3.63, 3.8) is 0 Å². The lowest BCUT2D eigenvalue weighted by Crippen LogP contribution is -2.30. The SMILES string of the molecule is Cc1cc2nc(C(=O)Nc3ccccc3C)c(=O)n(C)c2cc1C. The summed E-state index contributed by atoms with van der Waals surface area (Å²) < 4.78 is 1.47. The van der Waals surface area contributed by atoms with E-state index in [1.54, 1.807) is 13.1 Å². The zero-order chi connectivity index (χ0) is 17.4. The average molecular weight is 321 g/mol. The van der Waals surface area contributed by atoms with Gasteiger partial charge in [0, 0.05) is 12.7 Å². The minimum Gasteiger partial charge on any atom is -0.320 e. The van der Waals surface area contributed by atoms with Crippen molar-refractivity contribution in [2.24, 2.45) is 7.05 Å². The van der Waals surface area contributed by atoms with Gasteiger partial charge in [0.25, 0.3) is 11.5 Å². The van der Waals surface area contributed by atoms with Crippen molar-refractivity contribution >= 4 is 22.6 Å². The van der Waals surface area contributed by atoms with Crippen LogP contribution in [0.3, 0.4) is 0 Å². The van der Waals surface area contributed by atoms with Gasteiger partial charge < -0.3 is 9.88 Å². The Hall–Kier alpha value is -2.95. The zero-order valence-corrected chi connectivity index (χ0v) is 14.2. The number of hydrogen-bond donors (Lipinski definition) is 1. The molecular weight excluding hydrogens is 302 g/mol. The third-order valence-electron chi connectivity index (χ3n) is 4.30. The average Bonchev–Trinajstić information content (AvgIpc) is 2.55. The largest absolute Gasteiger partial charge is 0.320 e. The molecule has 122 valence electrons. The third kappa shape index (κ3) is 2.69. The number of amides is 1. The number of para-hydroxylation sites is 1. The van der Waals surface area contributed by atoms with E-state index in [1.807, 2.05) is 51.1 Å². The quantitative estimate of drug-likeness (QED) is 0.789. The van der Waals surface area contributed by atoms with Gasteiger partial charge >= 0.3 is 0 Å². The van der Waals surface area contributed by atoms with Gasteiger partial charge in [-0.2, -0.15) is 0 Å². The van der Waals surface area contributed by atoms with Crippen molar-refractivity contribution in [2.75, 3.05) is 5.32 Å². The molecule has 5 nitrogen and oxygen atoms in total. The number of fused-ring (bicyclic) bond motifs is 1. The van der Waals surface area contributed by atoms with Crippen LogP contribution in [0.15, 0.2) is 41.2 Å². The normalized spacial score (nSPS) is 10.8. The molecule has 1 N–H and O–H groups in total. The number of anilines is 1. The summed E-state index contributed by atoms with van der Waals surface area (Å²) in [7, 11) is 1.66. The Balaban J connectivity index is 2.11. The summed E-state index contributed by atoms with van der Waals surface area (Å²) in [5.41, 5.74) is 4.59. The molecule has 3 aromatic rings. The predicted molar refractivity (Wildman–Crippen MR) is 95.6 cm³/mol. The molecule has 1 amide bonds. The van der Waals surface area contributed by atoms with E-state index in [2.05, 4.69) is 10.3 Å². The van der Waals surface area contributed by atoms with Gasteiger partial charge in [-0.3, -0.25) is 9.59 Å². The minimum atomic E-state index is -0.495. The number of carbonyl (C=O) groups excluding carboxylic acids is 1. The highest BCUT2D eigenvalue weighted by atomic mass is 16.2. The van der Waals surface area contributed by atoms with E-state index in [0.29, 0.717) is 11.2 Å². The molecule has 0 saturated heterocycles. The molecule has 0 aliphatic carbocycles. The molecule has 5 heteroatoms. The molecule has 0 radical (unpaired) electrons. The molecule has 0 aliphatic heterocycles. The van der Waals surface area contributed by atoms with Crippen LogP contribution in [-0.4, -0.2) is 15.5 Å². The van der Waals surface area contributed by atoms with E-state index in [9.17, 15) is 9.59 Å². The molecule has 1 aromatic heterocycles. The lowest BCUT2D eigenvalue weighted by Gasteiger charge is -2.11. The monoisotopic (exact) mass is 321 g/mol. The number of aryl methyl sites for hydroxylation is 4. The summed E-state index contributed by atoms with van der Waals surface area (Å²) in [5, 5.41) is 2.77. The summed E-state index contributed by atoms with van der Waals surface area (Å²) in [6.45, 7) is 5.86. The standard InChI is InChI=1S/C19H19N3O2/c1-11-7-5-6-8-14(11)21-18(23)17-19(24)22(4)16-10-13(3)12(2)9-15(16)20-17/h5-10H,1-4H3,(H,21,23). The lowest BCUT2D eigenvalue weighted by atomic mass is 10.1. The molecule has 0 spiro atoms. The second kappa shape index (κ2) is 5.92. The fourth-order valence-corrected chi connectivity index (χ4v) is 2.62. The molecule has 0 fully saturated rings. The summed E-state index contributed by atoms with van der Waals surface area (Å²) >= 11 is 0. The van der Waals surface area contributed by atoms with Gasteiger partial charge in [0.2, 0.25) is 0 Å². The Kier molecular flexibility index (Phi) is 3.93. The van der Waals surface area contributed by atoms with Crippen LogP contribution < -0.4 is 10.9 Å². The summed E-state index contributed by atoms with van der Waals surface area (Å²) in [6, 6.07) is 11.2. The van der Waals surface area contributed by atoms with Gasteiger partial charge in [-0.05, 0) is 55.7 Å². The third-order valence-corrected chi connectivity index (χ3v) is 4.30. The minimum absolute atomic E-state index is 0.100. The van der Waals surface area contributed by atoms with Crippen LogP contribution in [0.4, 0.5) is 5.69 Å². The first-order valence-corrected chi connectivity index (χ1v) is 7.73. The highest BCUT2D eigenvalue weighted by molar-refractivity contribution is 6.04. The number of nitrogens with zero attached hydrogens (tertiary/aromatic N) is 2. The topological polar surface area (TPSA) is 64.0 Å². The number of nitrogens with one attached hydrogen (secondary N) is 1. The second-order valence-corrected chi connectivity index (χ2v) is 6.02. The summed E-state index contributed by atoms with van der Waals surface area (Å²) in [5.74, 6) is -0.495. The van der Waals surface area contributed by atoms with Crippen LogP contribution in [0.5, 0.6) is 0 Å². The molecule has 0 atom stereocenters. The van der Waals surface area contributed by atoms with Gasteiger partial charge in [0.1, 0.15) is 0 Å². The van der Waals surface area contributed by atoms with Gasteiger partial charge in [-0.1, -0.05) is 18.2 Å². The van der Waals surface area contributed by atoms with E-state index in [0.717, 1.165) is 22.2 Å². The van der Waals surface area contributed by atoms with Crippen LogP contribution >= 0.6 is 0 Å². The van der Waals surface area contributed by atoms with Gasteiger partial charge in [0.05, 0.1) is 11.0 Å². The smallest absolute Gasteiger partial charge is 0.282 e. The molecular formula is C19H19N3O2. The fraction of sp³-hybridized carbons (Fsp3) is 0.211. The van der Waals surface area contributed by atoms with Gasteiger partial charge in [0.15, 0.2) is 5.69 Å². The number of carbonyl (C=O) groups is 1. The van der Waals surface area contributed by atoms with Crippen LogP contribution in [0.1, 0.15) is 27.2 Å². The Morgan fingerprint density at radius 1 is 1.04 bits per heavy atom. The summed E-state index contributed by atoms with van der Waals surface area (Å²) in [4.78, 5) is 29.4. The number of hydrogen-bond acceptors (Lipinski definition) is 3. The molecule has 0 saturated carbocycles. The van der Waals surface area contributed by atoms with Crippen molar-refractivity contribution in [1.82, 2.24) is 9.55 Å². The lowest BCUT2D eigenvalue weighted by molar-refractivity contribution is 0.102. The first-order valence-electron chi connectivity index (χ1n) is 7.73. The first-order chi connectivity index (χ1) is 11.4. The van der Waals surface area contributed by atoms with E-state index in [1.165, 1.54) is 4.57 Å². The number of rotatable bonds is 2. The van der Waals surface area contributed by atoms with Crippen molar-refractivity contribution < 1.29 is 4.79 Å². The van der Waals surface area contributed by atoms with Crippen LogP contribution in [0.2, 0.25) is 0 Å². The van der Waals surface area contributed by atoms with Crippen LogP contribution in [0.25, 0.3) is 11.0 Å². The molecule has 0 unspecified atom stereocenters. The molecule has 2 aromatic carbocycles. The van der Waals surface area contributed by atoms with E-state index in [4.69, 9.17) is 0 Å². The molecule has 0 aliphatic rings. The van der Waals surface area contributed by atoms with Crippen LogP contribution in [0, 0.1) is 20.8 Å². The zero-order valence-electron chi connectivity index (χ0n) is 14.2. The molecule has 24 heavy (non-hydrogen) atoms. The van der Waals surface area contributed by atoms with E-state index in [-0.39, 0.29) is 5.69 Å². The Morgan fingerprint density at radius 2 is 1.71 bits per heavy atom. The fourth-order valence-electron chi connectivity index (χ4n) is 2.62. The van der Waals surface area contributed by atoms with Crippen molar-refractivity contribution in [3.05, 3.63) is 69.1 Å². The highest BCUT2D eigenvalue weighted by Crippen LogP contribution is 2.17. The Bertz CT molecular complexity index is 1020. The van der Waals surface area contributed by atoms with Crippen molar-refractivity contribution in [1.29, 1.82) is 0 Å². The molecule has 1 heterocycles. The number of aromatic nitrogens is 2. The van der Waals surface area contributed by atoms with Crippen molar-refractivity contribution in [3.8, 4) is 0 Å². The Labute approximate surface area is 140 Å². The first kappa shape index (κ1) is 15.9. The van der Waals surface area contributed by atoms with E-state index >= 15 is 0 Å². The number of benzene rings is 2. The summed E-state index contributed by atoms with van der Waals surface area (Å²) in [6.07, 6.45) is 0. The molecule has 3 rings (SSSR count). The maximum absolute atomic E-state index is 12.5. The van der Waals surface area contributed by atoms with Gasteiger partial charge in [-0.25, -0.2) is 4.98 Å². The predicted octanol–water partition coefficient (Wildman–Crippen LogP) is 3.11. The van der Waals surface area contributed by atoms with Gasteiger partial charge in [-0.15, -0.1) is 0 Å². The van der Waals surface area contributed by atoms with Crippen molar-refractivity contribution in [2.45, 2.75) is 20.8 Å². The van der Waals surface area contributed by atoms with Crippen LogP contribution in [-0.2, 0) is 7.05 Å². The maximum Gasteiger partial charge on any atom is 0.282 e.